The van der Waals surface area contributed by atoms with Crippen LogP contribution in [0.25, 0.3) is 0 Å². The Kier molecular flexibility index (Phi) is 6.02. The highest BCUT2D eigenvalue weighted by atomic mass is 16.5. The Bertz CT molecular complexity index is 446. The number of amides is 1. The quantitative estimate of drug-likeness (QED) is 0.804. The van der Waals surface area contributed by atoms with Crippen molar-refractivity contribution in [2.75, 3.05) is 13.2 Å². The summed E-state index contributed by atoms with van der Waals surface area (Å²) in [5.74, 6) is 1.04. The van der Waals surface area contributed by atoms with Crippen LogP contribution in [-0.4, -0.2) is 24.6 Å². The first-order valence-electron chi connectivity index (χ1n) is 7.05. The van der Waals surface area contributed by atoms with Gasteiger partial charge in [-0.1, -0.05) is 26.0 Å². The Morgan fingerprint density at radius 2 is 2.15 bits per heavy atom. The smallest absolute Gasteiger partial charge is 0.258 e. The van der Waals surface area contributed by atoms with E-state index in [9.17, 15) is 4.79 Å². The SMILES string of the molecule is Cc1cccc(OCC(=O)NC(C)(CN)CC(C)C)c1. The van der Waals surface area contributed by atoms with Gasteiger partial charge in [0.05, 0.1) is 0 Å². The molecule has 1 amide bonds. The van der Waals surface area contributed by atoms with Crippen LogP contribution < -0.4 is 15.8 Å². The van der Waals surface area contributed by atoms with Crippen molar-refractivity contribution in [2.24, 2.45) is 11.7 Å². The molecule has 0 radical (unpaired) electrons. The van der Waals surface area contributed by atoms with Crippen LogP contribution in [0.2, 0.25) is 0 Å². The first kappa shape index (κ1) is 16.5. The molecule has 0 spiro atoms. The maximum atomic E-state index is 12.0. The number of carbonyl (C=O) groups excluding carboxylic acids is 1. The average molecular weight is 278 g/mol. The van der Waals surface area contributed by atoms with Gasteiger partial charge < -0.3 is 15.8 Å². The monoisotopic (exact) mass is 278 g/mol. The minimum Gasteiger partial charge on any atom is -0.484 e. The molecule has 4 heteroatoms. The maximum absolute atomic E-state index is 12.0. The van der Waals surface area contributed by atoms with Crippen molar-refractivity contribution in [1.82, 2.24) is 5.32 Å². The van der Waals surface area contributed by atoms with Gasteiger partial charge in [0.15, 0.2) is 6.61 Å². The minimum atomic E-state index is -0.374. The second-order valence-electron chi connectivity index (χ2n) is 6.02. The Labute approximate surface area is 121 Å². The molecule has 1 unspecified atom stereocenters. The van der Waals surface area contributed by atoms with Crippen LogP contribution in [0.15, 0.2) is 24.3 Å². The summed E-state index contributed by atoms with van der Waals surface area (Å²) in [4.78, 5) is 12.0. The number of nitrogens with one attached hydrogen (secondary N) is 1. The van der Waals surface area contributed by atoms with Crippen LogP contribution in [0.3, 0.4) is 0 Å². The van der Waals surface area contributed by atoms with Gasteiger partial charge in [0.1, 0.15) is 5.75 Å². The highest BCUT2D eigenvalue weighted by Gasteiger charge is 2.25. The lowest BCUT2D eigenvalue weighted by atomic mass is 9.91. The van der Waals surface area contributed by atoms with E-state index < -0.39 is 0 Å². The number of carbonyl (C=O) groups is 1. The Hall–Kier alpha value is -1.55. The van der Waals surface area contributed by atoms with Crippen molar-refractivity contribution in [2.45, 2.75) is 39.7 Å². The summed E-state index contributed by atoms with van der Waals surface area (Å²) < 4.78 is 5.49. The average Bonchev–Trinajstić information content (AvgIpc) is 2.35. The van der Waals surface area contributed by atoms with Crippen molar-refractivity contribution in [1.29, 1.82) is 0 Å². The molecule has 1 aromatic carbocycles. The standard InChI is InChI=1S/C16H26N2O2/c1-12(2)9-16(4,11-17)18-15(19)10-20-14-7-5-6-13(3)8-14/h5-8,12H,9-11,17H2,1-4H3,(H,18,19). The van der Waals surface area contributed by atoms with Gasteiger partial charge in [0.25, 0.3) is 5.91 Å². The first-order valence-corrected chi connectivity index (χ1v) is 7.05. The van der Waals surface area contributed by atoms with Crippen LogP contribution in [0.4, 0.5) is 0 Å². The van der Waals surface area contributed by atoms with Crippen molar-refractivity contribution >= 4 is 5.91 Å². The molecule has 20 heavy (non-hydrogen) atoms. The van der Waals surface area contributed by atoms with Gasteiger partial charge in [-0.3, -0.25) is 4.79 Å². The zero-order valence-electron chi connectivity index (χ0n) is 12.9. The number of hydrogen-bond donors (Lipinski definition) is 2. The van der Waals surface area contributed by atoms with Crippen LogP contribution in [0.1, 0.15) is 32.8 Å². The van der Waals surface area contributed by atoms with Crippen LogP contribution >= 0.6 is 0 Å². The van der Waals surface area contributed by atoms with E-state index in [2.05, 4.69) is 19.2 Å². The van der Waals surface area contributed by atoms with E-state index in [1.54, 1.807) is 0 Å². The molecule has 0 aliphatic rings. The summed E-state index contributed by atoms with van der Waals surface area (Å²) in [6.45, 7) is 8.61. The first-order chi connectivity index (χ1) is 9.34. The summed E-state index contributed by atoms with van der Waals surface area (Å²) in [6, 6.07) is 7.65. The van der Waals surface area contributed by atoms with Gasteiger partial charge in [0, 0.05) is 12.1 Å². The molecule has 0 fully saturated rings. The third-order valence-electron chi connectivity index (χ3n) is 3.11. The molecule has 0 aliphatic heterocycles. The minimum absolute atomic E-state index is 0.0111. The lowest BCUT2D eigenvalue weighted by molar-refractivity contribution is -0.125. The van der Waals surface area contributed by atoms with E-state index in [1.165, 1.54) is 0 Å². The predicted molar refractivity (Wildman–Crippen MR) is 81.7 cm³/mol. The lowest BCUT2D eigenvalue weighted by Crippen LogP contribution is -2.53. The van der Waals surface area contributed by atoms with Gasteiger partial charge in [-0.15, -0.1) is 0 Å². The van der Waals surface area contributed by atoms with E-state index in [0.29, 0.717) is 18.2 Å². The van der Waals surface area contributed by atoms with Gasteiger partial charge in [-0.05, 0) is 43.9 Å². The van der Waals surface area contributed by atoms with Crippen molar-refractivity contribution < 1.29 is 9.53 Å². The Balaban J connectivity index is 2.50. The number of rotatable bonds is 7. The van der Waals surface area contributed by atoms with E-state index in [-0.39, 0.29) is 18.1 Å². The largest absolute Gasteiger partial charge is 0.484 e. The van der Waals surface area contributed by atoms with Crippen LogP contribution in [0, 0.1) is 12.8 Å². The summed E-state index contributed by atoms with van der Waals surface area (Å²) in [5, 5.41) is 2.97. The Morgan fingerprint density at radius 1 is 1.45 bits per heavy atom. The van der Waals surface area contributed by atoms with E-state index in [4.69, 9.17) is 10.5 Å². The molecule has 3 N–H and O–H groups in total. The summed E-state index contributed by atoms with van der Waals surface area (Å²) in [5.41, 5.74) is 6.51. The summed E-state index contributed by atoms with van der Waals surface area (Å²) in [7, 11) is 0. The highest BCUT2D eigenvalue weighted by Crippen LogP contribution is 2.16. The van der Waals surface area contributed by atoms with Gasteiger partial charge in [-0.25, -0.2) is 0 Å². The molecule has 0 saturated heterocycles. The fraction of sp³-hybridized carbons (Fsp3) is 0.562. The number of nitrogens with two attached hydrogens (primary N) is 1. The second kappa shape index (κ2) is 7.29. The van der Waals surface area contributed by atoms with E-state index in [1.807, 2.05) is 38.1 Å². The van der Waals surface area contributed by atoms with E-state index in [0.717, 1.165) is 12.0 Å². The molecule has 0 bridgehead atoms. The van der Waals surface area contributed by atoms with Crippen LogP contribution in [0.5, 0.6) is 5.75 Å². The summed E-state index contributed by atoms with van der Waals surface area (Å²) >= 11 is 0. The molecular formula is C16H26N2O2. The molecule has 0 aromatic heterocycles. The second-order valence-corrected chi connectivity index (χ2v) is 6.02. The molecule has 0 aliphatic carbocycles. The third-order valence-corrected chi connectivity index (χ3v) is 3.11. The van der Waals surface area contributed by atoms with Gasteiger partial charge in [0.2, 0.25) is 0 Å². The van der Waals surface area contributed by atoms with Gasteiger partial charge in [-0.2, -0.15) is 0 Å². The molecule has 0 heterocycles. The van der Waals surface area contributed by atoms with E-state index >= 15 is 0 Å². The molecule has 1 rings (SSSR count). The molecule has 4 nitrogen and oxygen atoms in total. The van der Waals surface area contributed by atoms with Crippen molar-refractivity contribution in [3.05, 3.63) is 29.8 Å². The predicted octanol–water partition coefficient (Wildman–Crippen LogP) is 2.25. The molecule has 112 valence electrons. The number of benzene rings is 1. The fourth-order valence-corrected chi connectivity index (χ4v) is 2.31. The topological polar surface area (TPSA) is 64.3 Å². The highest BCUT2D eigenvalue weighted by molar-refractivity contribution is 5.78. The van der Waals surface area contributed by atoms with Crippen molar-refractivity contribution in [3.8, 4) is 5.75 Å². The Morgan fingerprint density at radius 3 is 2.70 bits per heavy atom. The zero-order chi connectivity index (χ0) is 15.2. The normalized spacial score (nSPS) is 13.9. The third kappa shape index (κ3) is 5.61. The maximum Gasteiger partial charge on any atom is 0.258 e. The van der Waals surface area contributed by atoms with Crippen molar-refractivity contribution in [3.63, 3.8) is 0 Å². The molecule has 1 aromatic rings. The lowest BCUT2D eigenvalue weighted by Gasteiger charge is -2.31. The number of hydrogen-bond acceptors (Lipinski definition) is 3. The molecule has 0 saturated carbocycles. The van der Waals surface area contributed by atoms with Gasteiger partial charge >= 0.3 is 0 Å². The number of ether oxygens (including phenoxy) is 1. The number of aryl methyl sites for hydroxylation is 1. The molecule has 1 atom stereocenters. The fourth-order valence-electron chi connectivity index (χ4n) is 2.31. The molecular weight excluding hydrogens is 252 g/mol. The zero-order valence-corrected chi connectivity index (χ0v) is 12.9. The summed E-state index contributed by atoms with van der Waals surface area (Å²) in [6.07, 6.45) is 0.847. The van der Waals surface area contributed by atoms with Crippen LogP contribution in [-0.2, 0) is 4.79 Å².